The fourth-order valence-corrected chi connectivity index (χ4v) is 17.8. The van der Waals surface area contributed by atoms with Gasteiger partial charge in [0, 0.05) is 23.8 Å². The van der Waals surface area contributed by atoms with Crippen LogP contribution in [0.4, 0.5) is 119 Å². The molecule has 13 nitrogen and oxygen atoms in total. The largest absolute Gasteiger partial charge is 0.511 e. The number of halogens is 27. The van der Waals surface area contributed by atoms with Crippen LogP contribution in [0.25, 0.3) is 0 Å². The van der Waals surface area contributed by atoms with E-state index in [1.54, 1.807) is 13.8 Å². The standard InChI is InChI=1S/C18H22F12O4.C17H26F3NO4S.C13H18F6O.C11H14F6O.C7H14O2.8CH4/c1-4-12(2,3)11(31)34-10-6-8(13(32,15(19,20)21)16(22,23)24)5-9(7-10)14(33,17(25,26)27)18(28,29)30;1-4-14(2,3)13(22)25-16-8-11-5-12(9-16)7-15(6-11,10-16)21-26(23,24)17(18,19)20;1-6-7(2)10-4-8(6)3-9(10)5-11(20,12(14,15)16)13(17,18)19;12-10(13,14)9(18,11(15,16)17)5-8-4-6-1-2-7(8)3-6;1-5-7(2,3)6(8)9-4;;;;;;;;/h8-10,32-33H,4-7H2,1-3H3;11-12,21H,4-10H2,1-3H3;6-10,20H,3-5H2,1-2H3;6-8,18H,1-5H2;5H2,1-4H3;8*1H4. The number of rotatable bonds is 16. The van der Waals surface area contributed by atoms with Crippen molar-refractivity contribution in [2.45, 2.75) is 359 Å². The third kappa shape index (κ3) is 25.2. The van der Waals surface area contributed by atoms with Crippen molar-refractivity contribution in [3.63, 3.8) is 0 Å². The minimum Gasteiger partial charge on any atom is -0.469 e. The van der Waals surface area contributed by atoms with Crippen molar-refractivity contribution in [3.05, 3.63) is 0 Å². The van der Waals surface area contributed by atoms with E-state index in [-0.39, 0.29) is 131 Å². The van der Waals surface area contributed by atoms with Gasteiger partial charge in [0.25, 0.3) is 22.4 Å². The number of ether oxygens (including phenoxy) is 3. The highest BCUT2D eigenvalue weighted by Gasteiger charge is 2.79. The average molecular weight is 1770 g/mol. The van der Waals surface area contributed by atoms with Gasteiger partial charge in [0.05, 0.1) is 23.4 Å². The van der Waals surface area contributed by atoms with Crippen LogP contribution >= 0.6 is 0 Å². The summed E-state index contributed by atoms with van der Waals surface area (Å²) in [7, 11) is -4.02. The summed E-state index contributed by atoms with van der Waals surface area (Å²) < 4.78 is 390. The van der Waals surface area contributed by atoms with E-state index in [1.807, 2.05) is 46.3 Å². The lowest BCUT2D eigenvalue weighted by Gasteiger charge is -2.61. The van der Waals surface area contributed by atoms with E-state index in [9.17, 15) is 157 Å². The average Bonchev–Trinajstić information content (AvgIpc) is 1.38. The van der Waals surface area contributed by atoms with Gasteiger partial charge in [0.15, 0.2) is 0 Å². The minimum absolute atomic E-state index is 0. The monoisotopic (exact) mass is 1770 g/mol. The summed E-state index contributed by atoms with van der Waals surface area (Å²) in [4.78, 5) is 35.7. The van der Waals surface area contributed by atoms with Crippen LogP contribution in [-0.4, -0.2) is 148 Å². The highest BCUT2D eigenvalue weighted by molar-refractivity contribution is 7.90. The van der Waals surface area contributed by atoms with Crippen LogP contribution in [0.15, 0.2) is 0 Å². The normalized spacial score (nSPS) is 28.3. The van der Waals surface area contributed by atoms with E-state index < -0.39 is 177 Å². The topological polar surface area (TPSA) is 206 Å². The summed E-state index contributed by atoms with van der Waals surface area (Å²) in [6, 6.07) is 0. The van der Waals surface area contributed by atoms with Crippen LogP contribution in [0, 0.1) is 87.3 Å². The number of esters is 3. The van der Waals surface area contributed by atoms with Crippen LogP contribution in [0.3, 0.4) is 0 Å². The Kier molecular flexibility index (Phi) is 41.3. The first-order valence-electron chi connectivity index (χ1n) is 34.5. The lowest BCUT2D eigenvalue weighted by Crippen LogP contribution is -2.67. The van der Waals surface area contributed by atoms with E-state index in [0.717, 1.165) is 19.3 Å². The lowest BCUT2D eigenvalue weighted by atomic mass is 9.51. The zero-order chi connectivity index (χ0) is 83.7. The van der Waals surface area contributed by atoms with Crippen molar-refractivity contribution in [3.8, 4) is 0 Å². The summed E-state index contributed by atoms with van der Waals surface area (Å²) in [5, 5.41) is 37.6. The summed E-state index contributed by atoms with van der Waals surface area (Å²) in [6.45, 7) is 18.8. The molecule has 9 saturated carbocycles. The van der Waals surface area contributed by atoms with Gasteiger partial charge in [-0.1, -0.05) is 100 Å². The Hall–Kier alpha value is -3.73. The molecule has 0 aromatic rings. The van der Waals surface area contributed by atoms with Crippen LogP contribution in [-0.2, 0) is 38.6 Å². The molecule has 0 aromatic carbocycles. The van der Waals surface area contributed by atoms with Gasteiger partial charge in [0.2, 0.25) is 0 Å². The lowest BCUT2D eigenvalue weighted by molar-refractivity contribution is -0.405. The summed E-state index contributed by atoms with van der Waals surface area (Å²) in [6.07, 6.45) is -51.2. The molecule has 9 rings (SSSR count). The van der Waals surface area contributed by atoms with Crippen LogP contribution in [0.2, 0.25) is 0 Å². The molecule has 0 amide bonds. The molecule has 9 fully saturated rings. The second-order valence-electron chi connectivity index (χ2n) is 32.6. The van der Waals surface area contributed by atoms with Crippen molar-refractivity contribution in [2.24, 2.45) is 87.3 Å². The number of carbonyl (C=O) groups excluding carboxylic acids is 3. The Morgan fingerprint density at radius 1 is 0.417 bits per heavy atom. The molecule has 9 aliphatic carbocycles. The van der Waals surface area contributed by atoms with Crippen molar-refractivity contribution in [1.29, 1.82) is 0 Å². The number of carbonyl (C=O) groups is 3. The summed E-state index contributed by atoms with van der Waals surface area (Å²) in [5.74, 6) is -9.15. The SMILES string of the molecule is C.C.C.C.C.C.C.C.CC1C2CC(CC(O)(C(F)(F)F)C(F)(F)F)C(C2)C1C.CCC(C)(C)C(=O)OC.CCC(C)(C)C(=O)OC12CC3CC(CC(NS(=O)(=O)C(F)(F)F)(C3)C1)C2.CCC(C)(C)C(=O)OC1CC(C(O)(C(F)(F)F)C(F)(F)F)CC(C(O)(C(F)(F)F)C(F)(F)F)C1.OC(CC1CC2CCC1C2)(C(F)(F)F)C(F)(F)F. The van der Waals surface area contributed by atoms with Gasteiger partial charge in [-0.05, 0) is 216 Å². The Bertz CT molecular complexity index is 3020. The molecule has 0 saturated heterocycles. The van der Waals surface area contributed by atoms with Gasteiger partial charge in [-0.25, -0.2) is 13.1 Å². The van der Waals surface area contributed by atoms with Crippen molar-refractivity contribution in [1.82, 2.24) is 4.72 Å². The zero-order valence-corrected chi connectivity index (χ0v) is 61.1. The quantitative estimate of drug-likeness (QED) is 0.0556. The molecule has 115 heavy (non-hydrogen) atoms. The van der Waals surface area contributed by atoms with E-state index >= 15 is 0 Å². The predicted octanol–water partition coefficient (Wildman–Crippen LogP) is 23.5. The molecule has 0 aromatic heterocycles. The fourth-order valence-electron chi connectivity index (χ4n) is 16.9. The third-order valence-corrected chi connectivity index (χ3v) is 25.5. The molecule has 0 heterocycles. The van der Waals surface area contributed by atoms with Crippen LogP contribution < -0.4 is 4.72 Å². The fraction of sp³-hybridized carbons (Fsp3) is 0.959. The number of nitrogens with one attached hydrogen (secondary N) is 1. The van der Waals surface area contributed by atoms with Crippen LogP contribution in [0.1, 0.15) is 264 Å². The van der Waals surface area contributed by atoms with Crippen molar-refractivity contribution in [2.75, 3.05) is 7.11 Å². The molecule has 41 heteroatoms. The Morgan fingerprint density at radius 2 is 0.774 bits per heavy atom. The molecule has 0 radical (unpaired) electrons. The van der Waals surface area contributed by atoms with Crippen molar-refractivity contribution >= 4 is 27.9 Å². The van der Waals surface area contributed by atoms with E-state index in [0.29, 0.717) is 70.1 Å². The minimum atomic E-state index is -6.58. The molecule has 694 valence electrons. The van der Waals surface area contributed by atoms with E-state index in [4.69, 9.17) is 14.6 Å². The maximum Gasteiger partial charge on any atom is 0.511 e. The molecule has 5 N–H and O–H groups in total. The molecule has 9 aliphatic rings. The number of hydrogen-bond donors (Lipinski definition) is 5. The first-order valence-corrected chi connectivity index (χ1v) is 36.0. The van der Waals surface area contributed by atoms with Gasteiger partial charge in [-0.3, -0.25) is 14.4 Å². The number of aliphatic hydroxyl groups is 4. The Morgan fingerprint density at radius 3 is 1.06 bits per heavy atom. The highest BCUT2D eigenvalue weighted by atomic mass is 32.2. The molecular weight excluding hydrogens is 1640 g/mol. The number of alkyl halides is 27. The van der Waals surface area contributed by atoms with Crippen LogP contribution in [0.5, 0.6) is 0 Å². The molecule has 0 aliphatic heterocycles. The summed E-state index contributed by atoms with van der Waals surface area (Å²) >= 11 is 0. The number of hydrogen-bond acceptors (Lipinski definition) is 12. The van der Waals surface area contributed by atoms with E-state index in [2.05, 4.69) is 4.74 Å². The number of methoxy groups -OCH3 is 1. The molecule has 12 unspecified atom stereocenters. The van der Waals surface area contributed by atoms with Gasteiger partial charge in [-0.2, -0.15) is 119 Å². The number of fused-ring (bicyclic) bond motifs is 4. The molecule has 8 bridgehead atoms. The van der Waals surface area contributed by atoms with Gasteiger partial charge in [0.1, 0.15) is 11.7 Å². The first-order chi connectivity index (χ1) is 47.5. The van der Waals surface area contributed by atoms with E-state index in [1.165, 1.54) is 27.9 Å². The first kappa shape index (κ1) is 120. The smallest absolute Gasteiger partial charge is 0.469 e. The Labute approximate surface area is 659 Å². The maximum absolute atomic E-state index is 13.3. The van der Waals surface area contributed by atoms with Crippen molar-refractivity contribution < 1.29 is 176 Å². The van der Waals surface area contributed by atoms with Gasteiger partial charge in [-0.15, -0.1) is 0 Å². The maximum atomic E-state index is 13.3. The molecule has 12 atom stereocenters. The molecular formula is C74H126F27NO12S. The Balaban J connectivity index is -0.000000450. The third-order valence-electron chi connectivity index (χ3n) is 24.2. The molecule has 0 spiro atoms. The zero-order valence-electron chi connectivity index (χ0n) is 60.3. The number of sulfonamides is 1. The van der Waals surface area contributed by atoms with Gasteiger partial charge < -0.3 is 34.6 Å². The summed E-state index contributed by atoms with van der Waals surface area (Å²) in [5.41, 5.74) is -30.5. The second kappa shape index (κ2) is 39.6. The van der Waals surface area contributed by atoms with Gasteiger partial charge >= 0.3 is 82.8 Å². The highest BCUT2D eigenvalue weighted by Crippen LogP contribution is 2.64. The predicted molar refractivity (Wildman–Crippen MR) is 378 cm³/mol. The second-order valence-corrected chi connectivity index (χ2v) is 34.3.